The first-order valence-corrected chi connectivity index (χ1v) is 5.63. The van der Waals surface area contributed by atoms with Gasteiger partial charge in [0, 0.05) is 6.54 Å². The maximum absolute atomic E-state index is 11.7. The molecule has 0 fully saturated rings. The number of carbonyl (C=O) groups excluding carboxylic acids is 1. The van der Waals surface area contributed by atoms with Crippen LogP contribution in [-0.4, -0.2) is 22.0 Å². The Morgan fingerprint density at radius 2 is 2.50 bits per heavy atom. The Morgan fingerprint density at radius 1 is 1.62 bits per heavy atom. The Labute approximate surface area is 96.6 Å². The molecule has 0 unspecified atom stereocenters. The summed E-state index contributed by atoms with van der Waals surface area (Å²) in [4.78, 5) is 12.2. The van der Waals surface area contributed by atoms with Gasteiger partial charge in [-0.3, -0.25) is 4.79 Å². The van der Waals surface area contributed by atoms with Crippen molar-refractivity contribution in [3.05, 3.63) is 34.7 Å². The number of hydrogen-bond acceptors (Lipinski definition) is 5. The quantitative estimate of drug-likeness (QED) is 0.873. The molecule has 0 spiro atoms. The minimum Gasteiger partial charge on any atom is -0.472 e. The standard InChI is InChI=1S/C10H11N3O2S/c1-7-9(16-13-12-7)10(14)11-4-2-8-3-5-15-6-8/h3,5-6H,2,4H2,1H3,(H,11,14). The zero-order valence-corrected chi connectivity index (χ0v) is 9.58. The SMILES string of the molecule is Cc1nnsc1C(=O)NCCc1ccoc1. The van der Waals surface area contributed by atoms with Gasteiger partial charge in [-0.2, -0.15) is 0 Å². The molecule has 6 heteroatoms. The van der Waals surface area contributed by atoms with Crippen LogP contribution in [0.15, 0.2) is 23.0 Å². The third-order valence-corrected chi connectivity index (χ3v) is 2.96. The van der Waals surface area contributed by atoms with E-state index in [2.05, 4.69) is 14.9 Å². The molecule has 16 heavy (non-hydrogen) atoms. The summed E-state index contributed by atoms with van der Waals surface area (Å²) >= 11 is 1.11. The third-order valence-electron chi connectivity index (χ3n) is 2.14. The number of amides is 1. The minimum atomic E-state index is -0.115. The summed E-state index contributed by atoms with van der Waals surface area (Å²) in [5.74, 6) is -0.115. The van der Waals surface area contributed by atoms with E-state index in [1.54, 1.807) is 19.5 Å². The van der Waals surface area contributed by atoms with Crippen molar-refractivity contribution in [3.8, 4) is 0 Å². The number of nitrogens with zero attached hydrogens (tertiary/aromatic N) is 2. The van der Waals surface area contributed by atoms with Gasteiger partial charge >= 0.3 is 0 Å². The van der Waals surface area contributed by atoms with Crippen LogP contribution in [0.2, 0.25) is 0 Å². The van der Waals surface area contributed by atoms with Crippen LogP contribution >= 0.6 is 11.5 Å². The Bertz CT molecular complexity index is 464. The van der Waals surface area contributed by atoms with E-state index < -0.39 is 0 Å². The average Bonchev–Trinajstić information content (AvgIpc) is 2.88. The van der Waals surface area contributed by atoms with Gasteiger partial charge in [0.25, 0.3) is 5.91 Å². The highest BCUT2D eigenvalue weighted by Crippen LogP contribution is 2.08. The van der Waals surface area contributed by atoms with Gasteiger partial charge in [-0.15, -0.1) is 5.10 Å². The lowest BCUT2D eigenvalue weighted by atomic mass is 10.2. The van der Waals surface area contributed by atoms with Gasteiger partial charge in [0.2, 0.25) is 0 Å². The number of aromatic nitrogens is 2. The van der Waals surface area contributed by atoms with Crippen molar-refractivity contribution in [2.24, 2.45) is 0 Å². The molecule has 0 aliphatic heterocycles. The van der Waals surface area contributed by atoms with E-state index in [0.717, 1.165) is 23.5 Å². The van der Waals surface area contributed by atoms with Gasteiger partial charge in [0.15, 0.2) is 0 Å². The van der Waals surface area contributed by atoms with E-state index >= 15 is 0 Å². The van der Waals surface area contributed by atoms with Crippen molar-refractivity contribution < 1.29 is 9.21 Å². The number of hydrogen-bond donors (Lipinski definition) is 1. The number of rotatable bonds is 4. The Hall–Kier alpha value is -1.69. The molecule has 1 amide bonds. The van der Waals surface area contributed by atoms with Crippen molar-refractivity contribution in [3.63, 3.8) is 0 Å². The lowest BCUT2D eigenvalue weighted by Crippen LogP contribution is -2.25. The molecule has 0 saturated carbocycles. The summed E-state index contributed by atoms with van der Waals surface area (Å²) in [6.07, 6.45) is 4.05. The maximum atomic E-state index is 11.7. The Balaban J connectivity index is 1.83. The second-order valence-corrected chi connectivity index (χ2v) is 4.08. The topological polar surface area (TPSA) is 68.0 Å². The maximum Gasteiger partial charge on any atom is 0.264 e. The van der Waals surface area contributed by atoms with Crippen LogP contribution in [0, 0.1) is 6.92 Å². The van der Waals surface area contributed by atoms with Gasteiger partial charge < -0.3 is 9.73 Å². The van der Waals surface area contributed by atoms with Crippen molar-refractivity contribution >= 4 is 17.4 Å². The molecule has 0 saturated heterocycles. The van der Waals surface area contributed by atoms with Crippen molar-refractivity contribution in [1.29, 1.82) is 0 Å². The molecule has 0 bridgehead atoms. The van der Waals surface area contributed by atoms with Gasteiger partial charge in [0.05, 0.1) is 18.2 Å². The molecule has 0 aromatic carbocycles. The normalized spacial score (nSPS) is 10.3. The number of aryl methyl sites for hydroxylation is 1. The molecule has 1 N–H and O–H groups in total. The van der Waals surface area contributed by atoms with Crippen LogP contribution in [0.5, 0.6) is 0 Å². The average molecular weight is 237 g/mol. The number of carbonyl (C=O) groups is 1. The summed E-state index contributed by atoms with van der Waals surface area (Å²) in [6, 6.07) is 1.88. The first kappa shape index (κ1) is 10.8. The van der Waals surface area contributed by atoms with Gasteiger partial charge in [0.1, 0.15) is 4.88 Å². The smallest absolute Gasteiger partial charge is 0.264 e. The number of furan rings is 1. The van der Waals surface area contributed by atoms with E-state index in [1.807, 2.05) is 6.07 Å². The molecule has 0 radical (unpaired) electrons. The molecule has 2 aromatic rings. The zero-order valence-electron chi connectivity index (χ0n) is 8.77. The molecule has 0 atom stereocenters. The fourth-order valence-electron chi connectivity index (χ4n) is 1.28. The summed E-state index contributed by atoms with van der Waals surface area (Å²) < 4.78 is 8.65. The van der Waals surface area contributed by atoms with Gasteiger partial charge in [-0.1, -0.05) is 4.49 Å². The fraction of sp³-hybridized carbons (Fsp3) is 0.300. The van der Waals surface area contributed by atoms with Gasteiger partial charge in [-0.05, 0) is 36.5 Å². The van der Waals surface area contributed by atoms with Crippen LogP contribution in [0.25, 0.3) is 0 Å². The fourth-order valence-corrected chi connectivity index (χ4v) is 1.85. The predicted octanol–water partition coefficient (Wildman–Crippen LogP) is 1.41. The zero-order chi connectivity index (χ0) is 11.4. The lowest BCUT2D eigenvalue weighted by Gasteiger charge is -2.01. The van der Waals surface area contributed by atoms with E-state index in [9.17, 15) is 4.79 Å². The highest BCUT2D eigenvalue weighted by Gasteiger charge is 2.11. The van der Waals surface area contributed by atoms with Crippen molar-refractivity contribution in [2.45, 2.75) is 13.3 Å². The second-order valence-electron chi connectivity index (χ2n) is 3.32. The first-order valence-electron chi connectivity index (χ1n) is 4.85. The van der Waals surface area contributed by atoms with E-state index in [-0.39, 0.29) is 5.91 Å². The molecular formula is C10H11N3O2S. The molecule has 84 valence electrons. The van der Waals surface area contributed by atoms with E-state index in [1.165, 1.54) is 0 Å². The molecule has 5 nitrogen and oxygen atoms in total. The summed E-state index contributed by atoms with van der Waals surface area (Å²) in [7, 11) is 0. The highest BCUT2D eigenvalue weighted by atomic mass is 32.1. The molecule has 0 aliphatic rings. The third kappa shape index (κ3) is 2.46. The van der Waals surface area contributed by atoms with Crippen molar-refractivity contribution in [1.82, 2.24) is 14.9 Å². The Morgan fingerprint density at radius 3 is 3.12 bits per heavy atom. The largest absolute Gasteiger partial charge is 0.472 e. The predicted molar refractivity (Wildman–Crippen MR) is 59.4 cm³/mol. The van der Waals surface area contributed by atoms with Gasteiger partial charge in [-0.25, -0.2) is 0 Å². The van der Waals surface area contributed by atoms with E-state index in [0.29, 0.717) is 17.1 Å². The van der Waals surface area contributed by atoms with Crippen LogP contribution in [0.1, 0.15) is 20.9 Å². The molecule has 0 aliphatic carbocycles. The van der Waals surface area contributed by atoms with Crippen molar-refractivity contribution in [2.75, 3.05) is 6.54 Å². The lowest BCUT2D eigenvalue weighted by molar-refractivity contribution is 0.0957. The number of nitrogens with one attached hydrogen (secondary N) is 1. The van der Waals surface area contributed by atoms with Crippen LogP contribution in [0.3, 0.4) is 0 Å². The van der Waals surface area contributed by atoms with E-state index in [4.69, 9.17) is 4.42 Å². The highest BCUT2D eigenvalue weighted by molar-refractivity contribution is 7.07. The van der Waals surface area contributed by atoms with Crippen LogP contribution in [-0.2, 0) is 6.42 Å². The molecular weight excluding hydrogens is 226 g/mol. The minimum absolute atomic E-state index is 0.115. The van der Waals surface area contributed by atoms with Crippen LogP contribution in [0.4, 0.5) is 0 Å². The molecule has 2 heterocycles. The molecule has 2 rings (SSSR count). The second kappa shape index (κ2) is 4.89. The Kier molecular flexibility index (Phi) is 3.31. The summed E-state index contributed by atoms with van der Waals surface area (Å²) in [5.41, 5.74) is 1.74. The molecule has 2 aromatic heterocycles. The van der Waals surface area contributed by atoms with Crippen LogP contribution < -0.4 is 5.32 Å². The monoisotopic (exact) mass is 237 g/mol. The summed E-state index contributed by atoms with van der Waals surface area (Å²) in [5, 5.41) is 6.60. The first-order chi connectivity index (χ1) is 7.77. The summed E-state index contributed by atoms with van der Waals surface area (Å²) in [6.45, 7) is 2.35.